The Balaban J connectivity index is 1.82. The molecule has 0 amide bonds. The highest BCUT2D eigenvalue weighted by molar-refractivity contribution is 6.30. The van der Waals surface area contributed by atoms with Gasteiger partial charge in [-0.15, -0.1) is 0 Å². The van der Waals surface area contributed by atoms with Crippen molar-refractivity contribution in [3.05, 3.63) is 34.9 Å². The number of hydrogen-bond donors (Lipinski definition) is 2. The second kappa shape index (κ2) is 7.99. The summed E-state index contributed by atoms with van der Waals surface area (Å²) in [4.78, 5) is 2.42. The van der Waals surface area contributed by atoms with Gasteiger partial charge in [-0.05, 0) is 43.4 Å². The summed E-state index contributed by atoms with van der Waals surface area (Å²) in [5.41, 5.74) is 0.921. The van der Waals surface area contributed by atoms with E-state index in [2.05, 4.69) is 4.90 Å². The van der Waals surface area contributed by atoms with E-state index >= 15 is 0 Å². The zero-order valence-electron chi connectivity index (χ0n) is 11.8. The molecule has 2 N–H and O–H groups in total. The Labute approximate surface area is 126 Å². The molecule has 1 fully saturated rings. The van der Waals surface area contributed by atoms with Crippen LogP contribution in [0.15, 0.2) is 24.3 Å². The van der Waals surface area contributed by atoms with Gasteiger partial charge >= 0.3 is 0 Å². The number of nitrogens with zero attached hydrogens (tertiary/aromatic N) is 1. The lowest BCUT2D eigenvalue weighted by Crippen LogP contribution is -2.41. The van der Waals surface area contributed by atoms with Crippen molar-refractivity contribution in [1.29, 1.82) is 0 Å². The van der Waals surface area contributed by atoms with Crippen LogP contribution < -0.4 is 0 Å². The molecule has 0 aliphatic heterocycles. The molecular weight excluding hydrogens is 274 g/mol. The Bertz CT molecular complexity index is 392. The van der Waals surface area contributed by atoms with E-state index in [1.807, 2.05) is 24.3 Å². The van der Waals surface area contributed by atoms with Crippen LogP contribution in [0.1, 0.15) is 43.8 Å². The zero-order valence-corrected chi connectivity index (χ0v) is 12.6. The lowest BCUT2D eigenvalue weighted by atomic mass is 9.91. The molecule has 1 aliphatic rings. The lowest BCUT2D eigenvalue weighted by molar-refractivity contribution is 0.0864. The third kappa shape index (κ3) is 4.45. The van der Waals surface area contributed by atoms with Gasteiger partial charge in [-0.2, -0.15) is 0 Å². The molecule has 0 aromatic heterocycles. The van der Waals surface area contributed by atoms with E-state index in [4.69, 9.17) is 16.7 Å². The van der Waals surface area contributed by atoms with E-state index < -0.39 is 6.10 Å². The summed E-state index contributed by atoms with van der Waals surface area (Å²) in [6.45, 7) is 2.05. The highest BCUT2D eigenvalue weighted by atomic mass is 35.5. The quantitative estimate of drug-likeness (QED) is 0.775. The first-order valence-corrected chi connectivity index (χ1v) is 7.87. The van der Waals surface area contributed by atoms with Crippen molar-refractivity contribution in [2.24, 2.45) is 0 Å². The van der Waals surface area contributed by atoms with Crippen molar-refractivity contribution in [1.82, 2.24) is 4.90 Å². The molecule has 2 rings (SSSR count). The third-order valence-corrected chi connectivity index (χ3v) is 4.39. The summed E-state index contributed by atoms with van der Waals surface area (Å²) in [6.07, 6.45) is 4.91. The fourth-order valence-corrected chi connectivity index (χ4v) is 2.77. The van der Waals surface area contributed by atoms with Crippen molar-refractivity contribution in [3.63, 3.8) is 0 Å². The van der Waals surface area contributed by atoms with E-state index in [9.17, 15) is 5.11 Å². The minimum atomic E-state index is -0.441. The summed E-state index contributed by atoms with van der Waals surface area (Å²) in [5, 5.41) is 19.9. The van der Waals surface area contributed by atoms with Crippen molar-refractivity contribution in [3.8, 4) is 0 Å². The molecule has 1 saturated carbocycles. The maximum absolute atomic E-state index is 10.2. The van der Waals surface area contributed by atoms with Crippen molar-refractivity contribution >= 4 is 11.6 Å². The van der Waals surface area contributed by atoms with Crippen LogP contribution in [0.2, 0.25) is 5.02 Å². The number of hydrogen-bond acceptors (Lipinski definition) is 3. The maximum Gasteiger partial charge on any atom is 0.0802 e. The topological polar surface area (TPSA) is 43.7 Å². The minimum absolute atomic E-state index is 0.239. The first kappa shape index (κ1) is 15.8. The first-order chi connectivity index (χ1) is 9.70. The number of rotatable bonds is 8. The van der Waals surface area contributed by atoms with Gasteiger partial charge in [0.05, 0.1) is 6.10 Å². The van der Waals surface area contributed by atoms with Crippen LogP contribution in [-0.4, -0.2) is 40.9 Å². The van der Waals surface area contributed by atoms with Gasteiger partial charge in [0, 0.05) is 30.8 Å². The van der Waals surface area contributed by atoms with Crippen LogP contribution in [0, 0.1) is 0 Å². The monoisotopic (exact) mass is 297 g/mol. The standard InChI is InChI=1S/C16H24ClNO2/c17-14-7-5-13(6-8-14)16(20)9-11-18(10-2-12-19)15-3-1-4-15/h5-8,15-16,19-20H,1-4,9-12H2. The molecule has 1 unspecified atom stereocenters. The highest BCUT2D eigenvalue weighted by Crippen LogP contribution is 2.26. The fourth-order valence-electron chi connectivity index (χ4n) is 2.64. The van der Waals surface area contributed by atoms with Gasteiger partial charge in [-0.1, -0.05) is 30.2 Å². The molecule has 1 aromatic carbocycles. The second-order valence-electron chi connectivity index (χ2n) is 5.55. The first-order valence-electron chi connectivity index (χ1n) is 7.49. The van der Waals surface area contributed by atoms with Crippen LogP contribution in [0.3, 0.4) is 0 Å². The molecule has 0 heterocycles. The van der Waals surface area contributed by atoms with Gasteiger partial charge in [0.15, 0.2) is 0 Å². The van der Waals surface area contributed by atoms with Gasteiger partial charge in [-0.3, -0.25) is 0 Å². The summed E-state index contributed by atoms with van der Waals surface area (Å²) < 4.78 is 0. The SMILES string of the molecule is OCCCN(CCC(O)c1ccc(Cl)cc1)C1CCC1. The van der Waals surface area contributed by atoms with Crippen molar-refractivity contribution < 1.29 is 10.2 Å². The Kier molecular flexibility index (Phi) is 6.30. The van der Waals surface area contributed by atoms with Gasteiger partial charge in [0.2, 0.25) is 0 Å². The second-order valence-corrected chi connectivity index (χ2v) is 5.99. The zero-order chi connectivity index (χ0) is 14.4. The van der Waals surface area contributed by atoms with E-state index in [1.165, 1.54) is 19.3 Å². The third-order valence-electron chi connectivity index (χ3n) is 4.14. The summed E-state index contributed by atoms with van der Waals surface area (Å²) >= 11 is 5.86. The van der Waals surface area contributed by atoms with Gasteiger partial charge < -0.3 is 15.1 Å². The van der Waals surface area contributed by atoms with Crippen molar-refractivity contribution in [2.45, 2.75) is 44.2 Å². The highest BCUT2D eigenvalue weighted by Gasteiger charge is 2.24. The molecule has 1 aliphatic carbocycles. The van der Waals surface area contributed by atoms with Crippen LogP contribution in [0.25, 0.3) is 0 Å². The number of aliphatic hydroxyl groups excluding tert-OH is 2. The summed E-state index contributed by atoms with van der Waals surface area (Å²) in [7, 11) is 0. The normalized spacial score (nSPS) is 17.2. The molecular formula is C16H24ClNO2. The average Bonchev–Trinajstić information content (AvgIpc) is 2.40. The largest absolute Gasteiger partial charge is 0.396 e. The molecule has 4 heteroatoms. The maximum atomic E-state index is 10.2. The molecule has 0 saturated heterocycles. The molecule has 1 aromatic rings. The minimum Gasteiger partial charge on any atom is -0.396 e. The lowest BCUT2D eigenvalue weighted by Gasteiger charge is -2.38. The average molecular weight is 298 g/mol. The Morgan fingerprint density at radius 3 is 2.45 bits per heavy atom. The smallest absolute Gasteiger partial charge is 0.0802 e. The van der Waals surface area contributed by atoms with E-state index in [0.717, 1.165) is 31.5 Å². The molecule has 0 bridgehead atoms. The van der Waals surface area contributed by atoms with E-state index in [0.29, 0.717) is 11.1 Å². The Morgan fingerprint density at radius 2 is 1.90 bits per heavy atom. The molecule has 0 spiro atoms. The van der Waals surface area contributed by atoms with E-state index in [1.54, 1.807) is 0 Å². The Morgan fingerprint density at radius 1 is 1.20 bits per heavy atom. The predicted octanol–water partition coefficient (Wildman–Crippen LogP) is 3.00. The van der Waals surface area contributed by atoms with Gasteiger partial charge in [0.25, 0.3) is 0 Å². The van der Waals surface area contributed by atoms with Gasteiger partial charge in [-0.25, -0.2) is 0 Å². The fraction of sp³-hybridized carbons (Fsp3) is 0.625. The summed E-state index contributed by atoms with van der Waals surface area (Å²) in [5.74, 6) is 0. The molecule has 20 heavy (non-hydrogen) atoms. The van der Waals surface area contributed by atoms with E-state index in [-0.39, 0.29) is 6.61 Å². The van der Waals surface area contributed by atoms with Crippen molar-refractivity contribution in [2.75, 3.05) is 19.7 Å². The molecule has 1 atom stereocenters. The summed E-state index contributed by atoms with van der Waals surface area (Å²) in [6, 6.07) is 8.05. The number of aliphatic hydroxyl groups is 2. The molecule has 3 nitrogen and oxygen atoms in total. The number of halogens is 1. The van der Waals surface area contributed by atoms with Crippen LogP contribution >= 0.6 is 11.6 Å². The molecule has 0 radical (unpaired) electrons. The van der Waals surface area contributed by atoms with Crippen LogP contribution in [-0.2, 0) is 0 Å². The van der Waals surface area contributed by atoms with Gasteiger partial charge in [0.1, 0.15) is 0 Å². The number of benzene rings is 1. The van der Waals surface area contributed by atoms with Crippen LogP contribution in [0.4, 0.5) is 0 Å². The molecule has 112 valence electrons. The Hall–Kier alpha value is -0.610. The van der Waals surface area contributed by atoms with Crippen LogP contribution in [0.5, 0.6) is 0 Å². The predicted molar refractivity (Wildman–Crippen MR) is 81.9 cm³/mol.